The lowest BCUT2D eigenvalue weighted by Gasteiger charge is -2.43. The normalized spacial score (nSPS) is 25.7. The summed E-state index contributed by atoms with van der Waals surface area (Å²) in [5.41, 5.74) is 1.06. The molecule has 3 aliphatic heterocycles. The standard InChI is InChI=1S/C18H17N3O4S3/c1-8(22)12-14(23)21-13(16(24)25)17(28-15(12)21)26-9-6-20(7-9)18-19-10-4-2-3-5-11(10)27-18/h2-5,8-9,12,15,22H,6-7H2,1H3,(H,24,25)/t8-,12+,15-/m1/s1. The smallest absolute Gasteiger partial charge is 0.354 e. The highest BCUT2D eigenvalue weighted by atomic mass is 32.2. The molecule has 2 saturated heterocycles. The lowest BCUT2D eigenvalue weighted by molar-refractivity contribution is -0.156. The van der Waals surface area contributed by atoms with Crippen LogP contribution in [0.2, 0.25) is 0 Å². The summed E-state index contributed by atoms with van der Waals surface area (Å²) < 4.78 is 1.82. The maximum Gasteiger partial charge on any atom is 0.354 e. The Morgan fingerprint density at radius 3 is 2.79 bits per heavy atom. The number of aliphatic hydroxyl groups excluding tert-OH is 1. The van der Waals surface area contributed by atoms with Crippen LogP contribution in [0.5, 0.6) is 0 Å². The summed E-state index contributed by atoms with van der Waals surface area (Å²) in [6, 6.07) is 8.03. The zero-order valence-electron chi connectivity index (χ0n) is 14.8. The van der Waals surface area contributed by atoms with Crippen LogP contribution in [0.3, 0.4) is 0 Å². The maximum atomic E-state index is 12.3. The third-order valence-electron chi connectivity index (χ3n) is 5.14. The molecule has 0 aliphatic carbocycles. The van der Waals surface area contributed by atoms with E-state index in [1.807, 2.05) is 18.2 Å². The molecule has 2 N–H and O–H groups in total. The number of carboxylic acids is 1. The van der Waals surface area contributed by atoms with Gasteiger partial charge in [-0.2, -0.15) is 0 Å². The Balaban J connectivity index is 1.28. The van der Waals surface area contributed by atoms with Crippen LogP contribution < -0.4 is 4.90 Å². The van der Waals surface area contributed by atoms with Gasteiger partial charge in [-0.05, 0) is 19.1 Å². The van der Waals surface area contributed by atoms with Crippen molar-refractivity contribution < 1.29 is 19.8 Å². The average Bonchev–Trinajstić information content (AvgIpc) is 3.16. The molecule has 5 rings (SSSR count). The number of para-hydroxylation sites is 1. The van der Waals surface area contributed by atoms with Crippen molar-refractivity contribution in [3.05, 3.63) is 34.2 Å². The number of hydrogen-bond donors (Lipinski definition) is 2. The van der Waals surface area contributed by atoms with E-state index in [0.29, 0.717) is 4.24 Å². The Labute approximate surface area is 173 Å². The number of aliphatic carboxylic acids is 1. The number of aliphatic hydroxyl groups is 1. The Kier molecular flexibility index (Phi) is 4.34. The van der Waals surface area contributed by atoms with Crippen molar-refractivity contribution >= 4 is 62.1 Å². The highest BCUT2D eigenvalue weighted by Gasteiger charge is 2.58. The van der Waals surface area contributed by atoms with Gasteiger partial charge in [-0.25, -0.2) is 9.78 Å². The van der Waals surface area contributed by atoms with Crippen molar-refractivity contribution in [1.82, 2.24) is 9.88 Å². The summed E-state index contributed by atoms with van der Waals surface area (Å²) in [6.07, 6.45) is -0.779. The number of carbonyl (C=O) groups excluding carboxylic acids is 1. The highest BCUT2D eigenvalue weighted by Crippen LogP contribution is 2.55. The number of carboxylic acid groups (broad SMARTS) is 1. The van der Waals surface area contributed by atoms with Crippen molar-refractivity contribution in [1.29, 1.82) is 0 Å². The van der Waals surface area contributed by atoms with Crippen LogP contribution in [0.1, 0.15) is 6.92 Å². The third-order valence-corrected chi connectivity index (χ3v) is 9.01. The highest BCUT2D eigenvalue weighted by molar-refractivity contribution is 8.23. The second-order valence-corrected chi connectivity index (χ2v) is 10.7. The summed E-state index contributed by atoms with van der Waals surface area (Å²) >= 11 is 4.57. The van der Waals surface area contributed by atoms with Gasteiger partial charge >= 0.3 is 5.97 Å². The number of thiazole rings is 1. The molecule has 0 spiro atoms. The fourth-order valence-electron chi connectivity index (χ4n) is 3.65. The molecule has 4 heterocycles. The number of rotatable bonds is 5. The maximum absolute atomic E-state index is 12.3. The second kappa shape index (κ2) is 6.65. The summed E-state index contributed by atoms with van der Waals surface area (Å²) in [5.74, 6) is -1.92. The average molecular weight is 436 g/mol. The third kappa shape index (κ3) is 2.73. The van der Waals surface area contributed by atoms with Crippen molar-refractivity contribution in [2.24, 2.45) is 5.92 Å². The van der Waals surface area contributed by atoms with Crippen LogP contribution in [0.15, 0.2) is 34.2 Å². The number of anilines is 1. The molecule has 0 radical (unpaired) electrons. The lowest BCUT2D eigenvalue weighted by Crippen LogP contribution is -2.60. The zero-order chi connectivity index (χ0) is 19.6. The van der Waals surface area contributed by atoms with Crippen LogP contribution in [-0.4, -0.2) is 61.8 Å². The topological polar surface area (TPSA) is 94.0 Å². The van der Waals surface area contributed by atoms with E-state index < -0.39 is 18.0 Å². The minimum Gasteiger partial charge on any atom is -0.477 e. The SMILES string of the molecule is C[C@@H](O)[C@H]1C(=O)N2C(C(=O)O)=C(SC3CN(c4nc5ccccc5s4)C3)S[C@H]12. The Morgan fingerprint density at radius 1 is 1.36 bits per heavy atom. The van der Waals surface area contributed by atoms with Crippen LogP contribution >= 0.6 is 34.9 Å². The van der Waals surface area contributed by atoms with E-state index in [9.17, 15) is 19.8 Å². The first-order chi connectivity index (χ1) is 13.4. The van der Waals surface area contributed by atoms with Crippen molar-refractivity contribution in [2.75, 3.05) is 18.0 Å². The molecule has 28 heavy (non-hydrogen) atoms. The first-order valence-corrected chi connectivity index (χ1v) is 11.4. The molecule has 3 atom stereocenters. The molecular formula is C18H17N3O4S3. The molecule has 2 aromatic rings. The summed E-state index contributed by atoms with van der Waals surface area (Å²) in [4.78, 5) is 32.2. The molecule has 146 valence electrons. The molecule has 1 aromatic carbocycles. The van der Waals surface area contributed by atoms with Gasteiger partial charge in [-0.3, -0.25) is 9.69 Å². The van der Waals surface area contributed by atoms with Crippen molar-refractivity contribution in [3.8, 4) is 0 Å². The number of carbonyl (C=O) groups is 2. The van der Waals surface area contributed by atoms with Gasteiger partial charge in [0, 0.05) is 18.3 Å². The van der Waals surface area contributed by atoms with Crippen LogP contribution in [-0.2, 0) is 9.59 Å². The van der Waals surface area contributed by atoms with E-state index in [-0.39, 0.29) is 22.2 Å². The molecular weight excluding hydrogens is 418 g/mol. The quantitative estimate of drug-likeness (QED) is 0.692. The van der Waals surface area contributed by atoms with Crippen LogP contribution in [0, 0.1) is 5.92 Å². The predicted octanol–water partition coefficient (Wildman–Crippen LogP) is 2.38. The summed E-state index contributed by atoms with van der Waals surface area (Å²) in [6.45, 7) is 3.16. The molecule has 0 bridgehead atoms. The number of thioether (sulfide) groups is 2. The molecule has 2 fully saturated rings. The van der Waals surface area contributed by atoms with E-state index in [2.05, 4.69) is 16.0 Å². The lowest BCUT2D eigenvalue weighted by atomic mass is 9.92. The van der Waals surface area contributed by atoms with Gasteiger partial charge in [-0.1, -0.05) is 35.2 Å². The molecule has 10 heteroatoms. The number of fused-ring (bicyclic) bond motifs is 2. The Bertz CT molecular complexity index is 981. The minimum absolute atomic E-state index is 0.0698. The Hall–Kier alpha value is -1.75. The van der Waals surface area contributed by atoms with E-state index in [1.54, 1.807) is 18.3 Å². The number of benzene rings is 1. The van der Waals surface area contributed by atoms with Gasteiger partial charge in [0.1, 0.15) is 5.37 Å². The largest absolute Gasteiger partial charge is 0.477 e. The fraction of sp³-hybridized carbons (Fsp3) is 0.389. The molecule has 0 saturated carbocycles. The number of β-lactam (4-membered cyclic amide) rings is 1. The van der Waals surface area contributed by atoms with E-state index in [0.717, 1.165) is 28.4 Å². The number of hydrogen-bond acceptors (Lipinski definition) is 8. The Morgan fingerprint density at radius 2 is 2.11 bits per heavy atom. The van der Waals surface area contributed by atoms with E-state index in [4.69, 9.17) is 0 Å². The molecule has 3 aliphatic rings. The van der Waals surface area contributed by atoms with Crippen LogP contribution in [0.4, 0.5) is 5.13 Å². The van der Waals surface area contributed by atoms with Crippen molar-refractivity contribution in [2.45, 2.75) is 23.7 Å². The van der Waals surface area contributed by atoms with E-state index in [1.165, 1.54) is 28.4 Å². The number of nitrogens with zero attached hydrogens (tertiary/aromatic N) is 3. The first kappa shape index (κ1) is 18.3. The van der Waals surface area contributed by atoms with Gasteiger partial charge in [0.25, 0.3) is 0 Å². The monoisotopic (exact) mass is 435 g/mol. The second-order valence-electron chi connectivity index (χ2n) is 7.03. The first-order valence-electron chi connectivity index (χ1n) is 8.86. The molecule has 1 aromatic heterocycles. The summed E-state index contributed by atoms with van der Waals surface area (Å²) in [5, 5.41) is 20.3. The molecule has 1 amide bonds. The van der Waals surface area contributed by atoms with Gasteiger partial charge < -0.3 is 15.1 Å². The zero-order valence-corrected chi connectivity index (χ0v) is 17.3. The van der Waals surface area contributed by atoms with Gasteiger partial charge in [0.05, 0.1) is 26.5 Å². The molecule has 7 nitrogen and oxygen atoms in total. The summed E-state index contributed by atoms with van der Waals surface area (Å²) in [7, 11) is 0. The van der Waals surface area contributed by atoms with Gasteiger partial charge in [0.15, 0.2) is 10.8 Å². The van der Waals surface area contributed by atoms with Crippen molar-refractivity contribution in [3.63, 3.8) is 0 Å². The fourth-order valence-corrected chi connectivity index (χ4v) is 7.99. The minimum atomic E-state index is -1.09. The van der Waals surface area contributed by atoms with Gasteiger partial charge in [-0.15, -0.1) is 11.8 Å². The number of aromatic nitrogens is 1. The predicted molar refractivity (Wildman–Crippen MR) is 111 cm³/mol. The number of amides is 1. The van der Waals surface area contributed by atoms with Gasteiger partial charge in [0.2, 0.25) is 5.91 Å². The molecule has 0 unspecified atom stereocenters. The van der Waals surface area contributed by atoms with Crippen LogP contribution in [0.25, 0.3) is 10.2 Å². The van der Waals surface area contributed by atoms with E-state index >= 15 is 0 Å².